The third-order valence-corrected chi connectivity index (χ3v) is 7.30. The maximum absolute atomic E-state index is 12.8. The van der Waals surface area contributed by atoms with Crippen molar-refractivity contribution >= 4 is 27.5 Å². The zero-order chi connectivity index (χ0) is 20.5. The van der Waals surface area contributed by atoms with Gasteiger partial charge < -0.3 is 5.32 Å². The highest BCUT2D eigenvalue weighted by Gasteiger charge is 2.38. The van der Waals surface area contributed by atoms with Crippen molar-refractivity contribution in [3.8, 4) is 0 Å². The Hall–Kier alpha value is -1.93. The van der Waals surface area contributed by atoms with E-state index in [1.165, 1.54) is 16.1 Å². The van der Waals surface area contributed by atoms with Gasteiger partial charge in [-0.05, 0) is 48.9 Å². The summed E-state index contributed by atoms with van der Waals surface area (Å²) in [6.07, 6.45) is 2.94. The van der Waals surface area contributed by atoms with Crippen LogP contribution in [0.1, 0.15) is 45.6 Å². The molecule has 1 aromatic carbocycles. The van der Waals surface area contributed by atoms with Crippen molar-refractivity contribution in [1.29, 1.82) is 0 Å². The number of carbonyl (C=O) groups excluding carboxylic acids is 2. The molecule has 0 bridgehead atoms. The molecular weight excluding hydrogens is 378 g/mol. The van der Waals surface area contributed by atoms with Crippen LogP contribution in [-0.4, -0.2) is 50.2 Å². The van der Waals surface area contributed by atoms with Gasteiger partial charge in [0, 0.05) is 38.7 Å². The van der Waals surface area contributed by atoms with Crippen LogP contribution in [0.5, 0.6) is 0 Å². The normalized spacial score (nSPS) is 19.9. The molecule has 0 aromatic heterocycles. The summed E-state index contributed by atoms with van der Waals surface area (Å²) >= 11 is 0. The lowest BCUT2D eigenvalue weighted by Crippen LogP contribution is -2.47. The fourth-order valence-electron chi connectivity index (χ4n) is 3.87. The molecule has 1 fully saturated rings. The van der Waals surface area contributed by atoms with E-state index in [4.69, 9.17) is 0 Å². The highest BCUT2D eigenvalue weighted by atomic mass is 32.2. The average molecular weight is 408 g/mol. The van der Waals surface area contributed by atoms with Gasteiger partial charge in [-0.15, -0.1) is 0 Å². The van der Waals surface area contributed by atoms with Crippen LogP contribution in [0.4, 0.5) is 5.69 Å². The number of nitrogens with zero attached hydrogens (tertiary/aromatic N) is 2. The number of benzene rings is 1. The molecule has 1 aromatic rings. The van der Waals surface area contributed by atoms with E-state index in [0.29, 0.717) is 37.7 Å². The summed E-state index contributed by atoms with van der Waals surface area (Å²) in [5.41, 5.74) is 1.34. The molecule has 0 unspecified atom stereocenters. The Kier molecular flexibility index (Phi) is 6.09. The zero-order valence-electron chi connectivity index (χ0n) is 16.8. The topological polar surface area (TPSA) is 86.8 Å². The third kappa shape index (κ3) is 4.07. The second kappa shape index (κ2) is 8.21. The number of fused-ring (bicyclic) bond motifs is 1. The Labute approximate surface area is 167 Å². The maximum Gasteiger partial charge on any atom is 0.243 e. The average Bonchev–Trinajstić information content (AvgIpc) is 3.28. The van der Waals surface area contributed by atoms with Gasteiger partial charge in [0.2, 0.25) is 21.8 Å². The third-order valence-electron chi connectivity index (χ3n) is 5.40. The Balaban J connectivity index is 1.83. The van der Waals surface area contributed by atoms with Crippen molar-refractivity contribution in [2.45, 2.75) is 57.4 Å². The standard InChI is InChI=1S/C20H29N3O4S/c1-14(2)8-9-21-20(25)19-13-16-12-17(6-7-18(16)23(19)15(3)24)28(26,27)22-10-4-5-11-22/h6-7,12,14,19H,4-5,8-11,13H2,1-3H3,(H,21,25)/t19-/m0/s1. The molecule has 28 heavy (non-hydrogen) atoms. The van der Waals surface area contributed by atoms with Crippen molar-refractivity contribution in [1.82, 2.24) is 9.62 Å². The lowest BCUT2D eigenvalue weighted by Gasteiger charge is -2.23. The van der Waals surface area contributed by atoms with Crippen molar-refractivity contribution in [2.24, 2.45) is 5.92 Å². The van der Waals surface area contributed by atoms with Gasteiger partial charge >= 0.3 is 0 Å². The first kappa shape index (κ1) is 20.8. The molecule has 1 saturated heterocycles. The van der Waals surface area contributed by atoms with Gasteiger partial charge in [0.15, 0.2) is 0 Å². The first-order chi connectivity index (χ1) is 13.2. The fourth-order valence-corrected chi connectivity index (χ4v) is 5.44. The Morgan fingerprint density at radius 2 is 1.89 bits per heavy atom. The summed E-state index contributed by atoms with van der Waals surface area (Å²) < 4.78 is 27.2. The van der Waals surface area contributed by atoms with Crippen LogP contribution in [0.3, 0.4) is 0 Å². The van der Waals surface area contributed by atoms with Crippen LogP contribution in [0.2, 0.25) is 0 Å². The van der Waals surface area contributed by atoms with Gasteiger partial charge in [0.05, 0.1) is 4.90 Å². The predicted molar refractivity (Wildman–Crippen MR) is 108 cm³/mol. The van der Waals surface area contributed by atoms with E-state index in [9.17, 15) is 18.0 Å². The van der Waals surface area contributed by atoms with Crippen molar-refractivity contribution in [3.63, 3.8) is 0 Å². The van der Waals surface area contributed by atoms with Crippen molar-refractivity contribution in [2.75, 3.05) is 24.5 Å². The number of hydrogen-bond donors (Lipinski definition) is 1. The summed E-state index contributed by atoms with van der Waals surface area (Å²) in [6, 6.07) is 4.19. The minimum absolute atomic E-state index is 0.198. The number of carbonyl (C=O) groups is 2. The van der Waals surface area contributed by atoms with Crippen molar-refractivity contribution in [3.05, 3.63) is 23.8 Å². The summed E-state index contributed by atoms with van der Waals surface area (Å²) in [5, 5.41) is 2.91. The fraction of sp³-hybridized carbons (Fsp3) is 0.600. The highest BCUT2D eigenvalue weighted by molar-refractivity contribution is 7.89. The van der Waals surface area contributed by atoms with E-state index in [1.807, 2.05) is 0 Å². The Morgan fingerprint density at radius 1 is 1.21 bits per heavy atom. The molecule has 2 heterocycles. The van der Waals surface area contributed by atoms with E-state index in [2.05, 4.69) is 19.2 Å². The highest BCUT2D eigenvalue weighted by Crippen LogP contribution is 2.35. The molecule has 2 aliphatic rings. The Morgan fingerprint density at radius 3 is 2.50 bits per heavy atom. The molecule has 2 amide bonds. The summed E-state index contributed by atoms with van der Waals surface area (Å²) in [6.45, 7) is 7.24. The van der Waals surface area contributed by atoms with Gasteiger partial charge in [-0.1, -0.05) is 13.8 Å². The van der Waals surface area contributed by atoms with E-state index in [0.717, 1.165) is 24.8 Å². The Bertz CT molecular complexity index is 860. The van der Waals surface area contributed by atoms with Crippen LogP contribution in [-0.2, 0) is 26.0 Å². The lowest BCUT2D eigenvalue weighted by atomic mass is 10.1. The van der Waals surface area contributed by atoms with Crippen LogP contribution in [0.15, 0.2) is 23.1 Å². The minimum atomic E-state index is -3.53. The molecule has 3 rings (SSSR count). The summed E-state index contributed by atoms with van der Waals surface area (Å²) in [4.78, 5) is 26.6. The number of nitrogens with one attached hydrogen (secondary N) is 1. The minimum Gasteiger partial charge on any atom is -0.354 e. The van der Waals surface area contributed by atoms with Crippen LogP contribution in [0.25, 0.3) is 0 Å². The van der Waals surface area contributed by atoms with E-state index in [1.54, 1.807) is 18.2 Å². The van der Waals surface area contributed by atoms with Crippen LogP contribution in [0, 0.1) is 5.92 Å². The first-order valence-corrected chi connectivity index (χ1v) is 11.4. The number of anilines is 1. The monoisotopic (exact) mass is 407 g/mol. The van der Waals surface area contributed by atoms with E-state index >= 15 is 0 Å². The summed E-state index contributed by atoms with van der Waals surface area (Å²) in [5.74, 6) is 0.0530. The second-order valence-corrected chi connectivity index (χ2v) is 9.92. The SMILES string of the molecule is CC(=O)N1c2ccc(S(=O)(=O)N3CCCC3)cc2C[C@H]1C(=O)NCCC(C)C. The zero-order valence-corrected chi connectivity index (χ0v) is 17.6. The molecule has 1 N–H and O–H groups in total. The molecule has 8 heteroatoms. The van der Waals surface area contributed by atoms with Gasteiger partial charge in [-0.3, -0.25) is 14.5 Å². The van der Waals surface area contributed by atoms with Gasteiger partial charge in [-0.25, -0.2) is 8.42 Å². The lowest BCUT2D eigenvalue weighted by molar-refractivity contribution is -0.125. The first-order valence-electron chi connectivity index (χ1n) is 9.92. The van der Waals surface area contributed by atoms with Gasteiger partial charge in [-0.2, -0.15) is 4.31 Å². The summed E-state index contributed by atoms with van der Waals surface area (Å²) in [7, 11) is -3.53. The molecule has 0 saturated carbocycles. The number of hydrogen-bond acceptors (Lipinski definition) is 4. The van der Waals surface area contributed by atoms with E-state index < -0.39 is 16.1 Å². The number of sulfonamides is 1. The molecule has 1 atom stereocenters. The molecular formula is C20H29N3O4S. The molecule has 7 nitrogen and oxygen atoms in total. The second-order valence-electron chi connectivity index (χ2n) is 7.98. The molecule has 0 aliphatic carbocycles. The smallest absolute Gasteiger partial charge is 0.243 e. The van der Waals surface area contributed by atoms with Crippen LogP contribution >= 0.6 is 0 Å². The van der Waals surface area contributed by atoms with Gasteiger partial charge in [0.1, 0.15) is 6.04 Å². The molecule has 154 valence electrons. The quantitative estimate of drug-likeness (QED) is 0.780. The molecule has 0 spiro atoms. The molecule has 0 radical (unpaired) electrons. The van der Waals surface area contributed by atoms with Crippen molar-refractivity contribution < 1.29 is 18.0 Å². The van der Waals surface area contributed by atoms with Crippen LogP contribution < -0.4 is 10.2 Å². The number of amides is 2. The molecule has 2 aliphatic heterocycles. The van der Waals surface area contributed by atoms with Gasteiger partial charge in [0.25, 0.3) is 0 Å². The predicted octanol–water partition coefficient (Wildman–Crippen LogP) is 1.91. The maximum atomic E-state index is 12.8. The number of rotatable bonds is 6. The largest absolute Gasteiger partial charge is 0.354 e. The van der Waals surface area contributed by atoms with E-state index in [-0.39, 0.29) is 16.7 Å².